The molecule has 0 aliphatic carbocycles. The van der Waals surface area contributed by atoms with Gasteiger partial charge in [-0.15, -0.1) is 11.3 Å². The maximum Gasteiger partial charge on any atom is 0.134 e. The molecule has 0 unspecified atom stereocenters. The minimum absolute atomic E-state index is 0.639. The number of thiophene rings is 1. The van der Waals surface area contributed by atoms with Gasteiger partial charge in [-0.1, -0.05) is 157 Å². The first-order valence-corrected chi connectivity index (χ1v) is 22.4. The molecule has 3 heterocycles. The van der Waals surface area contributed by atoms with Crippen molar-refractivity contribution >= 4 is 81.9 Å². The minimum atomic E-state index is -0.639. The second-order valence-electron chi connectivity index (χ2n) is 16.0. The number of anilines is 3. The highest BCUT2D eigenvalue weighted by Crippen LogP contribution is 2.63. The van der Waals surface area contributed by atoms with Crippen molar-refractivity contribution < 1.29 is 4.74 Å². The predicted octanol–water partition coefficient (Wildman–Crippen LogP) is 16.5. The molecule has 2 nitrogen and oxygen atoms in total. The minimum Gasteiger partial charge on any atom is -0.457 e. The van der Waals surface area contributed by atoms with Crippen molar-refractivity contribution in [1.82, 2.24) is 0 Å². The van der Waals surface area contributed by atoms with Gasteiger partial charge in [0.2, 0.25) is 0 Å². The van der Waals surface area contributed by atoms with Crippen molar-refractivity contribution in [2.75, 3.05) is 4.90 Å². The largest absolute Gasteiger partial charge is 0.457 e. The van der Waals surface area contributed by atoms with E-state index in [1.165, 1.54) is 73.8 Å². The highest BCUT2D eigenvalue weighted by molar-refractivity contribution is 7.99. The lowest BCUT2D eigenvalue weighted by molar-refractivity contribution is 0.431. The highest BCUT2D eigenvalue weighted by Gasteiger charge is 2.50. The van der Waals surface area contributed by atoms with Gasteiger partial charge in [0.15, 0.2) is 0 Å². The molecule has 0 bridgehead atoms. The summed E-state index contributed by atoms with van der Waals surface area (Å²) in [7, 11) is 0. The molecule has 10 aromatic carbocycles. The molecule has 4 heteroatoms. The summed E-state index contributed by atoms with van der Waals surface area (Å²) in [6, 6.07) is 77.9. The van der Waals surface area contributed by atoms with Crippen LogP contribution in [0.15, 0.2) is 222 Å². The van der Waals surface area contributed by atoms with Crippen LogP contribution >= 0.6 is 23.1 Å². The summed E-state index contributed by atoms with van der Waals surface area (Å²) in [4.78, 5) is 4.96. The zero-order valence-electron chi connectivity index (χ0n) is 32.9. The smallest absolute Gasteiger partial charge is 0.134 e. The Balaban J connectivity index is 1.08. The molecule has 0 amide bonds. The standard InChI is InChI=1S/C57H35NOS2/c1-2-13-36(14-3-1)37-25-27-42(28-26-37)58(50-22-12-20-45-44-19-8-11-24-53(44)61-56(45)50)43-29-30-47-52(35-43)59-51-23-10-9-21-46(51)57(47)48-31-38-15-4-6-17-40(38)33-54(48)60-55-34-41-18-7-5-16-39(41)32-49(55)57/h1-35H. The summed E-state index contributed by atoms with van der Waals surface area (Å²) in [5.41, 5.74) is 9.87. The van der Waals surface area contributed by atoms with Crippen LogP contribution in [-0.2, 0) is 5.41 Å². The first kappa shape index (κ1) is 34.7. The Kier molecular flexibility index (Phi) is 7.66. The van der Waals surface area contributed by atoms with E-state index in [1.54, 1.807) is 0 Å². The first-order valence-electron chi connectivity index (χ1n) is 20.7. The van der Waals surface area contributed by atoms with Crippen molar-refractivity contribution in [3.63, 3.8) is 0 Å². The third-order valence-corrected chi connectivity index (χ3v) is 15.0. The van der Waals surface area contributed by atoms with Gasteiger partial charge in [0.05, 0.1) is 15.8 Å². The molecule has 0 radical (unpaired) electrons. The summed E-state index contributed by atoms with van der Waals surface area (Å²) in [5, 5.41) is 7.49. The zero-order chi connectivity index (χ0) is 40.1. The normalized spacial score (nSPS) is 13.4. The summed E-state index contributed by atoms with van der Waals surface area (Å²) in [5.74, 6) is 1.73. The number of benzene rings is 10. The summed E-state index contributed by atoms with van der Waals surface area (Å²) in [6.45, 7) is 0. The quantitative estimate of drug-likeness (QED) is 0.176. The molecule has 286 valence electrons. The second kappa shape index (κ2) is 13.5. The van der Waals surface area contributed by atoms with Gasteiger partial charge in [0.25, 0.3) is 0 Å². The Labute approximate surface area is 361 Å². The van der Waals surface area contributed by atoms with Crippen molar-refractivity contribution in [2.45, 2.75) is 15.2 Å². The van der Waals surface area contributed by atoms with Gasteiger partial charge in [0.1, 0.15) is 11.5 Å². The average molecular weight is 814 g/mol. The molecule has 0 fully saturated rings. The first-order chi connectivity index (χ1) is 30.2. The summed E-state index contributed by atoms with van der Waals surface area (Å²) < 4.78 is 9.69. The summed E-state index contributed by atoms with van der Waals surface area (Å²) in [6.07, 6.45) is 0. The van der Waals surface area contributed by atoms with Gasteiger partial charge in [0, 0.05) is 53.8 Å². The molecule has 0 saturated carbocycles. The fourth-order valence-corrected chi connectivity index (χ4v) is 12.4. The molecule has 0 N–H and O–H groups in total. The van der Waals surface area contributed by atoms with E-state index in [0.717, 1.165) is 39.7 Å². The van der Waals surface area contributed by atoms with Gasteiger partial charge in [-0.25, -0.2) is 0 Å². The van der Waals surface area contributed by atoms with Gasteiger partial charge in [-0.3, -0.25) is 0 Å². The van der Waals surface area contributed by atoms with E-state index in [1.807, 2.05) is 23.1 Å². The van der Waals surface area contributed by atoms with E-state index in [4.69, 9.17) is 4.74 Å². The number of hydrogen-bond donors (Lipinski definition) is 0. The second-order valence-corrected chi connectivity index (χ2v) is 18.2. The summed E-state index contributed by atoms with van der Waals surface area (Å²) >= 11 is 3.74. The number of rotatable bonds is 4. The molecule has 2 aliphatic heterocycles. The van der Waals surface area contributed by atoms with Crippen LogP contribution in [0.4, 0.5) is 17.1 Å². The third kappa shape index (κ3) is 5.23. The van der Waals surface area contributed by atoms with E-state index in [2.05, 4.69) is 217 Å². The molecular formula is C57H35NOS2. The fraction of sp³-hybridized carbons (Fsp3) is 0.0175. The zero-order valence-corrected chi connectivity index (χ0v) is 34.5. The SMILES string of the molecule is c1ccc(-c2ccc(N(c3ccc4c(c3)Oc3ccccc3C43c4cc5ccccc5cc4Sc4cc5ccccc5cc43)c3cccc4c3sc3ccccc34)cc2)cc1. The fourth-order valence-electron chi connectivity index (χ4n) is 9.98. The van der Waals surface area contributed by atoms with Gasteiger partial charge >= 0.3 is 0 Å². The Morgan fingerprint density at radius 1 is 0.393 bits per heavy atom. The van der Waals surface area contributed by atoms with E-state index in [-0.39, 0.29) is 0 Å². The lowest BCUT2D eigenvalue weighted by atomic mass is 9.63. The molecule has 1 aromatic heterocycles. The van der Waals surface area contributed by atoms with Crippen LogP contribution in [0.5, 0.6) is 11.5 Å². The van der Waals surface area contributed by atoms with Gasteiger partial charge in [-0.2, -0.15) is 0 Å². The Morgan fingerprint density at radius 3 is 1.70 bits per heavy atom. The van der Waals surface area contributed by atoms with Crippen LogP contribution < -0.4 is 9.64 Å². The van der Waals surface area contributed by atoms with Crippen LogP contribution in [0, 0.1) is 0 Å². The number of fused-ring (bicyclic) bond motifs is 13. The molecule has 2 aliphatic rings. The molecular weight excluding hydrogens is 779 g/mol. The topological polar surface area (TPSA) is 12.5 Å². The Bertz CT molecular complexity index is 3470. The van der Waals surface area contributed by atoms with E-state index in [9.17, 15) is 0 Å². The van der Waals surface area contributed by atoms with Crippen LogP contribution in [0.1, 0.15) is 22.3 Å². The highest BCUT2D eigenvalue weighted by atomic mass is 32.2. The molecule has 13 rings (SSSR count). The van der Waals surface area contributed by atoms with Gasteiger partial charge < -0.3 is 9.64 Å². The predicted molar refractivity (Wildman–Crippen MR) is 257 cm³/mol. The van der Waals surface area contributed by atoms with Crippen molar-refractivity contribution in [2.24, 2.45) is 0 Å². The molecule has 0 saturated heterocycles. The lowest BCUT2D eigenvalue weighted by Gasteiger charge is -2.45. The molecule has 61 heavy (non-hydrogen) atoms. The van der Waals surface area contributed by atoms with Crippen molar-refractivity contribution in [3.05, 3.63) is 235 Å². The van der Waals surface area contributed by atoms with Crippen molar-refractivity contribution in [3.8, 4) is 22.6 Å². The van der Waals surface area contributed by atoms with E-state index >= 15 is 0 Å². The maximum absolute atomic E-state index is 7.15. The lowest BCUT2D eigenvalue weighted by Crippen LogP contribution is -2.36. The van der Waals surface area contributed by atoms with Crippen LogP contribution in [0.3, 0.4) is 0 Å². The Morgan fingerprint density at radius 2 is 0.967 bits per heavy atom. The van der Waals surface area contributed by atoms with Crippen LogP contribution in [0.2, 0.25) is 0 Å². The molecule has 11 aromatic rings. The number of hydrogen-bond acceptors (Lipinski definition) is 4. The number of ether oxygens (including phenoxy) is 1. The van der Waals surface area contributed by atoms with E-state index in [0.29, 0.717) is 0 Å². The van der Waals surface area contributed by atoms with Gasteiger partial charge in [-0.05, 0) is 104 Å². The average Bonchev–Trinajstić information content (AvgIpc) is 3.70. The molecule has 0 atom stereocenters. The maximum atomic E-state index is 7.15. The van der Waals surface area contributed by atoms with Crippen molar-refractivity contribution in [1.29, 1.82) is 0 Å². The third-order valence-electron chi connectivity index (χ3n) is 12.7. The Hall–Kier alpha value is -7.11. The number of nitrogens with zero attached hydrogens (tertiary/aromatic N) is 1. The molecule has 1 spiro atoms. The monoisotopic (exact) mass is 813 g/mol. The van der Waals surface area contributed by atoms with Crippen LogP contribution in [-0.4, -0.2) is 0 Å². The van der Waals surface area contributed by atoms with Crippen LogP contribution in [0.25, 0.3) is 52.8 Å². The van der Waals surface area contributed by atoms with E-state index < -0.39 is 5.41 Å². The number of para-hydroxylation sites is 1.